The second-order valence-electron chi connectivity index (χ2n) is 10.2. The Balaban J connectivity index is 1.17. The molecule has 2 aliphatic rings. The van der Waals surface area contributed by atoms with Crippen molar-refractivity contribution in [2.45, 2.75) is 38.3 Å². The van der Waals surface area contributed by atoms with Gasteiger partial charge in [0.15, 0.2) is 10.9 Å². The molecule has 8 nitrogen and oxygen atoms in total. The van der Waals surface area contributed by atoms with Crippen LogP contribution in [0.1, 0.15) is 34.8 Å². The van der Waals surface area contributed by atoms with Crippen molar-refractivity contribution in [2.24, 2.45) is 0 Å². The van der Waals surface area contributed by atoms with Crippen LogP contribution in [-0.4, -0.2) is 47.4 Å². The fraction of sp³-hybridized carbons (Fsp3) is 0.321. The van der Waals surface area contributed by atoms with Gasteiger partial charge < -0.3 is 24.8 Å². The first kappa shape index (κ1) is 23.7. The first-order valence-electron chi connectivity index (χ1n) is 12.5. The number of benzene rings is 2. The summed E-state index contributed by atoms with van der Waals surface area (Å²) in [6.45, 7) is 6.12. The smallest absolute Gasteiger partial charge is 0.263 e. The molecule has 1 amide bonds. The second kappa shape index (κ2) is 9.64. The van der Waals surface area contributed by atoms with E-state index in [1.807, 2.05) is 44.2 Å². The van der Waals surface area contributed by atoms with Gasteiger partial charge >= 0.3 is 0 Å². The van der Waals surface area contributed by atoms with Crippen molar-refractivity contribution in [3.63, 3.8) is 0 Å². The van der Waals surface area contributed by atoms with Crippen molar-refractivity contribution < 1.29 is 14.1 Å². The van der Waals surface area contributed by atoms with Crippen molar-refractivity contribution in [3.8, 4) is 11.3 Å². The average Bonchev–Trinajstić information content (AvgIpc) is 3.55. The third-order valence-electron chi connectivity index (χ3n) is 6.72. The molecule has 37 heavy (non-hydrogen) atoms. The number of hydrogen-bond acceptors (Lipinski definition) is 8. The van der Waals surface area contributed by atoms with E-state index in [2.05, 4.69) is 45.0 Å². The second-order valence-corrected chi connectivity index (χ2v) is 11.2. The maximum Gasteiger partial charge on any atom is 0.263 e. The fourth-order valence-electron chi connectivity index (χ4n) is 4.96. The molecule has 0 spiro atoms. The molecule has 4 heterocycles. The largest absolute Gasteiger partial charge is 0.377 e. The maximum atomic E-state index is 12.6. The lowest BCUT2D eigenvalue weighted by molar-refractivity contribution is 0.0900. The van der Waals surface area contributed by atoms with E-state index in [9.17, 15) is 4.79 Å². The number of nitrogens with zero attached hydrogens (tertiary/aromatic N) is 3. The van der Waals surface area contributed by atoms with Gasteiger partial charge in [-0.05, 0) is 62.2 Å². The molecule has 190 valence electrons. The Bertz CT molecular complexity index is 1400. The highest BCUT2D eigenvalue weighted by molar-refractivity contribution is 7.17. The Morgan fingerprint density at radius 2 is 2.03 bits per heavy atom. The van der Waals surface area contributed by atoms with Crippen LogP contribution in [0.2, 0.25) is 0 Å². The quantitative estimate of drug-likeness (QED) is 0.371. The van der Waals surface area contributed by atoms with Crippen molar-refractivity contribution in [3.05, 3.63) is 76.9 Å². The highest BCUT2D eigenvalue weighted by Crippen LogP contribution is 2.34. The molecular formula is C28H29N5O3S. The summed E-state index contributed by atoms with van der Waals surface area (Å²) in [4.78, 5) is 20.6. The molecule has 1 atom stereocenters. The SMILES string of the molecule is CC1(C)Cc2nc(N3CCOCC3Cc3cccc(Nc4ccc(-c5ccno5)cc4)c3)sc2C(=O)N1. The van der Waals surface area contributed by atoms with Gasteiger partial charge in [-0.1, -0.05) is 28.6 Å². The molecule has 2 aliphatic heterocycles. The number of morpholine rings is 1. The Labute approximate surface area is 219 Å². The number of carbonyl (C=O) groups excluding carboxylic acids is 1. The van der Waals surface area contributed by atoms with Gasteiger partial charge in [0.2, 0.25) is 0 Å². The van der Waals surface area contributed by atoms with Crippen LogP contribution in [0.25, 0.3) is 11.3 Å². The molecule has 2 N–H and O–H groups in total. The minimum atomic E-state index is -0.274. The predicted molar refractivity (Wildman–Crippen MR) is 145 cm³/mol. The third-order valence-corrected chi connectivity index (χ3v) is 7.85. The van der Waals surface area contributed by atoms with Crippen LogP contribution in [-0.2, 0) is 17.6 Å². The molecule has 2 aromatic carbocycles. The number of ether oxygens (including phenoxy) is 1. The summed E-state index contributed by atoms with van der Waals surface area (Å²) in [7, 11) is 0. The lowest BCUT2D eigenvalue weighted by Crippen LogP contribution is -2.48. The lowest BCUT2D eigenvalue weighted by atomic mass is 9.94. The van der Waals surface area contributed by atoms with Crippen LogP contribution in [0.5, 0.6) is 0 Å². The highest BCUT2D eigenvalue weighted by Gasteiger charge is 2.35. The zero-order valence-electron chi connectivity index (χ0n) is 20.9. The third kappa shape index (κ3) is 5.10. The van der Waals surface area contributed by atoms with Crippen molar-refractivity contribution in [2.75, 3.05) is 30.0 Å². The number of amides is 1. The number of anilines is 3. The summed E-state index contributed by atoms with van der Waals surface area (Å²) in [6.07, 6.45) is 3.21. The molecule has 0 saturated carbocycles. The first-order chi connectivity index (χ1) is 17.9. The monoisotopic (exact) mass is 515 g/mol. The van der Waals surface area contributed by atoms with E-state index in [4.69, 9.17) is 14.2 Å². The molecule has 1 saturated heterocycles. The Hall–Kier alpha value is -3.69. The van der Waals surface area contributed by atoms with E-state index in [0.717, 1.165) is 57.8 Å². The van der Waals surface area contributed by atoms with Gasteiger partial charge in [-0.15, -0.1) is 0 Å². The van der Waals surface area contributed by atoms with Crippen molar-refractivity contribution in [1.82, 2.24) is 15.5 Å². The van der Waals surface area contributed by atoms with Gasteiger partial charge in [0.25, 0.3) is 5.91 Å². The van der Waals surface area contributed by atoms with Gasteiger partial charge in [0.1, 0.15) is 4.88 Å². The lowest BCUT2D eigenvalue weighted by Gasteiger charge is -2.35. The van der Waals surface area contributed by atoms with E-state index in [0.29, 0.717) is 13.2 Å². The summed E-state index contributed by atoms with van der Waals surface area (Å²) in [6, 6.07) is 18.5. The van der Waals surface area contributed by atoms with E-state index in [1.54, 1.807) is 6.20 Å². The van der Waals surface area contributed by atoms with E-state index < -0.39 is 0 Å². The molecule has 0 aliphatic carbocycles. The van der Waals surface area contributed by atoms with Crippen LogP contribution in [0.3, 0.4) is 0 Å². The number of fused-ring (bicyclic) bond motifs is 1. The number of hydrogen-bond donors (Lipinski definition) is 2. The van der Waals surface area contributed by atoms with Crippen LogP contribution in [0, 0.1) is 0 Å². The van der Waals surface area contributed by atoms with E-state index >= 15 is 0 Å². The van der Waals surface area contributed by atoms with Gasteiger partial charge in [-0.2, -0.15) is 0 Å². The van der Waals surface area contributed by atoms with Gasteiger partial charge in [0, 0.05) is 41.5 Å². The summed E-state index contributed by atoms with van der Waals surface area (Å²) in [5.74, 6) is 0.727. The van der Waals surface area contributed by atoms with Crippen LogP contribution in [0.15, 0.2) is 65.3 Å². The van der Waals surface area contributed by atoms with Crippen LogP contribution >= 0.6 is 11.3 Å². The molecule has 1 fully saturated rings. The van der Waals surface area contributed by atoms with Crippen LogP contribution < -0.4 is 15.5 Å². The molecule has 6 rings (SSSR count). The number of rotatable bonds is 6. The summed E-state index contributed by atoms with van der Waals surface area (Å²) < 4.78 is 11.1. The van der Waals surface area contributed by atoms with Gasteiger partial charge in [0.05, 0.1) is 31.1 Å². The van der Waals surface area contributed by atoms with E-state index in [1.165, 1.54) is 16.9 Å². The molecule has 2 aromatic heterocycles. The number of aromatic nitrogens is 2. The highest BCUT2D eigenvalue weighted by atomic mass is 32.1. The normalized spacial score (nSPS) is 18.8. The Morgan fingerprint density at radius 3 is 2.84 bits per heavy atom. The first-order valence-corrected chi connectivity index (χ1v) is 13.3. The predicted octanol–water partition coefficient (Wildman–Crippen LogP) is 5.05. The average molecular weight is 516 g/mol. The minimum absolute atomic E-state index is 0.0209. The molecule has 0 radical (unpaired) electrons. The standard InChI is InChI=1S/C28H29N5O3S/c1-28(2)16-23-25(26(34)32-28)37-27(31-23)33-12-13-35-17-22(33)15-18-4-3-5-21(14-18)30-20-8-6-19(7-9-20)24-10-11-29-36-24/h3-11,14,22,30H,12-13,15-17H2,1-2H3,(H,32,34). The number of carbonyl (C=O) groups is 1. The van der Waals surface area contributed by atoms with Gasteiger partial charge in [-0.3, -0.25) is 4.79 Å². The minimum Gasteiger partial charge on any atom is -0.377 e. The van der Waals surface area contributed by atoms with Crippen molar-refractivity contribution >= 4 is 33.8 Å². The molecule has 4 aromatic rings. The molecular weight excluding hydrogens is 486 g/mol. The summed E-state index contributed by atoms with van der Waals surface area (Å²) in [5.41, 5.74) is 4.85. The maximum absolute atomic E-state index is 12.6. The fourth-order valence-corrected chi connectivity index (χ4v) is 6.03. The summed E-state index contributed by atoms with van der Waals surface area (Å²) in [5, 5.41) is 11.3. The van der Waals surface area contributed by atoms with Crippen molar-refractivity contribution in [1.29, 1.82) is 0 Å². The topological polar surface area (TPSA) is 92.5 Å². The number of nitrogens with one attached hydrogen (secondary N) is 2. The van der Waals surface area contributed by atoms with Crippen LogP contribution in [0.4, 0.5) is 16.5 Å². The molecule has 1 unspecified atom stereocenters. The van der Waals surface area contributed by atoms with E-state index in [-0.39, 0.29) is 17.5 Å². The Kier molecular flexibility index (Phi) is 6.18. The zero-order chi connectivity index (χ0) is 25.4. The Morgan fingerprint density at radius 1 is 1.16 bits per heavy atom. The zero-order valence-corrected chi connectivity index (χ0v) is 21.7. The molecule has 9 heteroatoms. The number of thiazole rings is 1. The van der Waals surface area contributed by atoms with Gasteiger partial charge in [-0.25, -0.2) is 4.98 Å². The summed E-state index contributed by atoms with van der Waals surface area (Å²) >= 11 is 1.49. The molecule has 0 bridgehead atoms.